The normalized spacial score (nSPS) is 34.1. The summed E-state index contributed by atoms with van der Waals surface area (Å²) in [7, 11) is 3.16. The minimum Gasteiger partial charge on any atom is -0.468 e. The number of fused-ring (bicyclic) bond motifs is 1. The van der Waals surface area contributed by atoms with Crippen LogP contribution in [0.2, 0.25) is 0 Å². The SMILES string of the molecule is C=C1CN2[C@H](COC)CC[C@@]2(C(=O)OC)C1. The molecule has 4 nitrogen and oxygen atoms in total. The summed E-state index contributed by atoms with van der Waals surface area (Å²) < 4.78 is 10.2. The van der Waals surface area contributed by atoms with Gasteiger partial charge in [0.15, 0.2) is 0 Å². The van der Waals surface area contributed by atoms with Crippen molar-refractivity contribution in [1.82, 2.24) is 4.90 Å². The molecule has 2 saturated heterocycles. The summed E-state index contributed by atoms with van der Waals surface area (Å²) >= 11 is 0. The van der Waals surface area contributed by atoms with Crippen molar-refractivity contribution in [1.29, 1.82) is 0 Å². The van der Waals surface area contributed by atoms with Crippen molar-refractivity contribution in [3.05, 3.63) is 12.2 Å². The van der Waals surface area contributed by atoms with E-state index in [2.05, 4.69) is 11.5 Å². The van der Waals surface area contributed by atoms with Gasteiger partial charge in [0.25, 0.3) is 0 Å². The molecule has 0 N–H and O–H groups in total. The molecule has 2 aliphatic heterocycles. The van der Waals surface area contributed by atoms with Crippen LogP contribution >= 0.6 is 0 Å². The van der Waals surface area contributed by atoms with Crippen molar-refractivity contribution < 1.29 is 14.3 Å². The van der Waals surface area contributed by atoms with Gasteiger partial charge in [0.2, 0.25) is 0 Å². The van der Waals surface area contributed by atoms with E-state index in [0.717, 1.165) is 31.4 Å². The monoisotopic (exact) mass is 225 g/mol. The van der Waals surface area contributed by atoms with Crippen molar-refractivity contribution in [3.63, 3.8) is 0 Å². The van der Waals surface area contributed by atoms with E-state index in [4.69, 9.17) is 9.47 Å². The summed E-state index contributed by atoms with van der Waals surface area (Å²) in [5.74, 6) is -0.121. The van der Waals surface area contributed by atoms with Crippen LogP contribution in [0, 0.1) is 0 Å². The van der Waals surface area contributed by atoms with Crippen molar-refractivity contribution in [3.8, 4) is 0 Å². The molecule has 16 heavy (non-hydrogen) atoms. The smallest absolute Gasteiger partial charge is 0.326 e. The quantitative estimate of drug-likeness (QED) is 0.530. The molecule has 2 fully saturated rings. The molecule has 0 saturated carbocycles. The Morgan fingerprint density at radius 1 is 1.62 bits per heavy atom. The van der Waals surface area contributed by atoms with E-state index in [1.807, 2.05) is 0 Å². The minimum absolute atomic E-state index is 0.121. The Morgan fingerprint density at radius 2 is 2.38 bits per heavy atom. The van der Waals surface area contributed by atoms with E-state index in [1.54, 1.807) is 7.11 Å². The molecule has 0 amide bonds. The maximum atomic E-state index is 12.0. The third-order valence-corrected chi connectivity index (χ3v) is 3.74. The second kappa shape index (κ2) is 4.18. The average molecular weight is 225 g/mol. The molecular formula is C12H19NO3. The number of rotatable bonds is 3. The number of esters is 1. The number of ether oxygens (including phenoxy) is 2. The minimum atomic E-state index is -0.449. The van der Waals surface area contributed by atoms with Crippen LogP contribution in [-0.2, 0) is 14.3 Å². The van der Waals surface area contributed by atoms with Gasteiger partial charge >= 0.3 is 5.97 Å². The van der Waals surface area contributed by atoms with Gasteiger partial charge in [-0.2, -0.15) is 0 Å². The Hall–Kier alpha value is -0.870. The number of methoxy groups -OCH3 is 2. The van der Waals surface area contributed by atoms with E-state index in [-0.39, 0.29) is 5.97 Å². The van der Waals surface area contributed by atoms with Gasteiger partial charge in [-0.3, -0.25) is 9.69 Å². The summed E-state index contributed by atoms with van der Waals surface area (Å²) in [6, 6.07) is 0.323. The van der Waals surface area contributed by atoms with Crippen molar-refractivity contribution in [2.75, 3.05) is 27.4 Å². The number of hydrogen-bond acceptors (Lipinski definition) is 4. The fraction of sp³-hybridized carbons (Fsp3) is 0.750. The fourth-order valence-electron chi connectivity index (χ4n) is 3.08. The first kappa shape index (κ1) is 11.6. The summed E-state index contributed by atoms with van der Waals surface area (Å²) in [4.78, 5) is 14.2. The zero-order valence-corrected chi connectivity index (χ0v) is 9.99. The molecule has 0 spiro atoms. The number of hydrogen-bond donors (Lipinski definition) is 0. The molecule has 0 aromatic carbocycles. The predicted molar refractivity (Wildman–Crippen MR) is 60.1 cm³/mol. The molecule has 2 aliphatic rings. The first-order chi connectivity index (χ1) is 7.64. The van der Waals surface area contributed by atoms with E-state index >= 15 is 0 Å². The van der Waals surface area contributed by atoms with E-state index in [0.29, 0.717) is 12.6 Å². The standard InChI is InChI=1S/C12H19NO3/c1-9-6-12(11(14)16-3)5-4-10(8-15-2)13(12)7-9/h10H,1,4-8H2,2-3H3/t10-,12-/m0/s1. The van der Waals surface area contributed by atoms with Crippen LogP contribution in [0.3, 0.4) is 0 Å². The molecule has 0 bridgehead atoms. The summed E-state index contributed by atoms with van der Waals surface area (Å²) in [6.07, 6.45) is 2.59. The molecule has 90 valence electrons. The number of nitrogens with zero attached hydrogens (tertiary/aromatic N) is 1. The summed E-state index contributed by atoms with van der Waals surface area (Å²) in [6.45, 7) is 5.47. The molecule has 0 aliphatic carbocycles. The molecule has 0 aromatic rings. The van der Waals surface area contributed by atoms with Gasteiger partial charge in [0, 0.05) is 19.7 Å². The summed E-state index contributed by atoms with van der Waals surface area (Å²) in [5, 5.41) is 0. The molecule has 2 atom stereocenters. The maximum Gasteiger partial charge on any atom is 0.326 e. The van der Waals surface area contributed by atoms with Gasteiger partial charge in [-0.05, 0) is 19.3 Å². The zero-order valence-electron chi connectivity index (χ0n) is 9.99. The van der Waals surface area contributed by atoms with Crippen LogP contribution in [0.4, 0.5) is 0 Å². The Kier molecular flexibility index (Phi) is 3.04. The predicted octanol–water partition coefficient (Wildman–Crippen LogP) is 0.969. The molecule has 0 aromatic heterocycles. The van der Waals surface area contributed by atoms with Gasteiger partial charge in [-0.1, -0.05) is 12.2 Å². The Balaban J connectivity index is 2.23. The molecular weight excluding hydrogens is 206 g/mol. The Bertz CT molecular complexity index is 315. The number of carbonyl (C=O) groups excluding carboxylic acids is 1. The van der Waals surface area contributed by atoms with Crippen LogP contribution < -0.4 is 0 Å². The highest BCUT2D eigenvalue weighted by Gasteiger charge is 2.56. The van der Waals surface area contributed by atoms with Crippen LogP contribution in [0.5, 0.6) is 0 Å². The van der Waals surface area contributed by atoms with Crippen molar-refractivity contribution in [2.24, 2.45) is 0 Å². The molecule has 2 heterocycles. The number of carbonyl (C=O) groups is 1. The second-order valence-electron chi connectivity index (χ2n) is 4.73. The van der Waals surface area contributed by atoms with E-state index in [1.165, 1.54) is 7.11 Å². The van der Waals surface area contributed by atoms with Crippen LogP contribution in [0.1, 0.15) is 19.3 Å². The van der Waals surface area contributed by atoms with Gasteiger partial charge in [-0.25, -0.2) is 0 Å². The molecule has 2 rings (SSSR count). The highest BCUT2D eigenvalue weighted by Crippen LogP contribution is 2.44. The topological polar surface area (TPSA) is 38.8 Å². The third-order valence-electron chi connectivity index (χ3n) is 3.74. The van der Waals surface area contributed by atoms with Gasteiger partial charge < -0.3 is 9.47 Å². The van der Waals surface area contributed by atoms with E-state index in [9.17, 15) is 4.79 Å². The van der Waals surface area contributed by atoms with Crippen molar-refractivity contribution >= 4 is 5.97 Å². The van der Waals surface area contributed by atoms with Crippen LogP contribution in [0.15, 0.2) is 12.2 Å². The Morgan fingerprint density at radius 3 is 3.00 bits per heavy atom. The molecule has 0 radical (unpaired) electrons. The third kappa shape index (κ3) is 1.57. The zero-order chi connectivity index (χ0) is 11.8. The van der Waals surface area contributed by atoms with Crippen molar-refractivity contribution in [2.45, 2.75) is 30.8 Å². The first-order valence-corrected chi connectivity index (χ1v) is 5.65. The maximum absolute atomic E-state index is 12.0. The highest BCUT2D eigenvalue weighted by atomic mass is 16.5. The largest absolute Gasteiger partial charge is 0.468 e. The van der Waals surface area contributed by atoms with Gasteiger partial charge in [-0.15, -0.1) is 0 Å². The van der Waals surface area contributed by atoms with Gasteiger partial charge in [0.05, 0.1) is 13.7 Å². The van der Waals surface area contributed by atoms with E-state index < -0.39 is 5.54 Å². The van der Waals surface area contributed by atoms with Crippen LogP contribution in [-0.4, -0.2) is 49.8 Å². The lowest BCUT2D eigenvalue weighted by atomic mass is 9.93. The first-order valence-electron chi connectivity index (χ1n) is 5.65. The second-order valence-corrected chi connectivity index (χ2v) is 4.73. The summed E-state index contributed by atoms with van der Waals surface area (Å²) in [5.41, 5.74) is 0.667. The lowest BCUT2D eigenvalue weighted by molar-refractivity contribution is -0.152. The molecule has 4 heteroatoms. The fourth-order valence-corrected chi connectivity index (χ4v) is 3.08. The molecule has 0 unspecified atom stereocenters. The lowest BCUT2D eigenvalue weighted by Gasteiger charge is -2.31. The van der Waals surface area contributed by atoms with Gasteiger partial charge in [0.1, 0.15) is 5.54 Å². The van der Waals surface area contributed by atoms with Crippen LogP contribution in [0.25, 0.3) is 0 Å². The highest BCUT2D eigenvalue weighted by molar-refractivity contribution is 5.82. The lowest BCUT2D eigenvalue weighted by Crippen LogP contribution is -2.50. The average Bonchev–Trinajstić information content (AvgIpc) is 2.75. The Labute approximate surface area is 96.2 Å².